The van der Waals surface area contributed by atoms with E-state index in [0.717, 1.165) is 47.8 Å². The summed E-state index contributed by atoms with van der Waals surface area (Å²) in [5.74, 6) is 1.18. The molecule has 2 aliphatic rings. The van der Waals surface area contributed by atoms with Crippen molar-refractivity contribution < 1.29 is 28.1 Å². The Bertz CT molecular complexity index is 2090. The van der Waals surface area contributed by atoms with E-state index in [0.29, 0.717) is 58.8 Å². The van der Waals surface area contributed by atoms with Crippen LogP contribution in [0.25, 0.3) is 43.8 Å². The van der Waals surface area contributed by atoms with Gasteiger partial charge in [-0.3, -0.25) is 4.98 Å². The number of aromatic nitrogens is 4. The molecule has 2 aliphatic heterocycles. The van der Waals surface area contributed by atoms with Crippen LogP contribution in [-0.2, 0) is 16.1 Å². The van der Waals surface area contributed by atoms with Crippen molar-refractivity contribution in [3.8, 4) is 28.5 Å². The number of hydrogen-bond donors (Lipinski definition) is 1. The molecule has 0 radical (unpaired) electrons. The van der Waals surface area contributed by atoms with Crippen LogP contribution in [0.2, 0.25) is 0 Å². The second kappa shape index (κ2) is 12.3. The van der Waals surface area contributed by atoms with Crippen molar-refractivity contribution in [2.45, 2.75) is 44.6 Å². The third-order valence-corrected chi connectivity index (χ3v) is 8.89. The minimum Gasteiger partial charge on any atom is -0.497 e. The lowest BCUT2D eigenvalue weighted by atomic mass is 9.95. The lowest BCUT2D eigenvalue weighted by Crippen LogP contribution is -2.18. The number of ether oxygens (including phenoxy) is 5. The number of nitrogens with two attached hydrogens (primary N) is 1. The fourth-order valence-corrected chi connectivity index (χ4v) is 6.47. The summed E-state index contributed by atoms with van der Waals surface area (Å²) in [6.07, 6.45) is 6.81. The molecule has 2 atom stereocenters. The van der Waals surface area contributed by atoms with Gasteiger partial charge >= 0.3 is 0 Å². The van der Waals surface area contributed by atoms with Crippen molar-refractivity contribution in [3.63, 3.8) is 0 Å². The summed E-state index contributed by atoms with van der Waals surface area (Å²) in [5, 5.41) is 6.76. The van der Waals surface area contributed by atoms with E-state index >= 15 is 4.39 Å². The first kappa shape index (κ1) is 29.4. The molecule has 1 unspecified atom stereocenters. The second-order valence-electron chi connectivity index (χ2n) is 11.9. The second-order valence-corrected chi connectivity index (χ2v) is 11.9. The van der Waals surface area contributed by atoms with Gasteiger partial charge in [0.25, 0.3) is 0 Å². The minimum atomic E-state index is -0.425. The van der Waals surface area contributed by atoms with Gasteiger partial charge in [-0.25, -0.2) is 14.1 Å². The molecule has 47 heavy (non-hydrogen) atoms. The summed E-state index contributed by atoms with van der Waals surface area (Å²) in [6.45, 7) is 2.00. The number of nitrogens with zero attached hydrogens (tertiary/aromatic N) is 4. The molecule has 2 fully saturated rings. The maximum atomic E-state index is 15.4. The Morgan fingerprint density at radius 2 is 1.87 bits per heavy atom. The number of pyridine rings is 2. The molecule has 0 bridgehead atoms. The third-order valence-electron chi connectivity index (χ3n) is 8.89. The highest BCUT2D eigenvalue weighted by Gasteiger charge is 2.26. The van der Waals surface area contributed by atoms with Crippen molar-refractivity contribution in [2.24, 2.45) is 0 Å². The van der Waals surface area contributed by atoms with Crippen LogP contribution >= 0.6 is 0 Å². The average Bonchev–Trinajstić information content (AvgIpc) is 3.80. The topological polar surface area (TPSA) is 116 Å². The number of methoxy groups -OCH3 is 1. The maximum Gasteiger partial charge on any atom is 0.238 e. The average molecular weight is 636 g/mol. The van der Waals surface area contributed by atoms with Crippen LogP contribution < -0.4 is 19.9 Å². The standard InChI is InChI=1S/C36H34FN5O5/c1-43-22-9-7-21(8-10-22)19-46-36-32(38)31(24-11-12-28(37)34-27(24)18-42(41-34)30-6-2-3-15-45-30)26-17-29(47-23-13-16-44-20-23)35-25(33(26)40-36)5-4-14-39-35/h4-5,7-12,14,17-18,23,30H,2-3,6,13,15-16,19-20,38H2,1H3/t23-,30?/m1/s1. The quantitative estimate of drug-likeness (QED) is 0.177. The highest BCUT2D eigenvalue weighted by molar-refractivity contribution is 6.16. The summed E-state index contributed by atoms with van der Waals surface area (Å²) < 4.78 is 46.8. The van der Waals surface area contributed by atoms with Crippen LogP contribution in [-0.4, -0.2) is 52.8 Å². The van der Waals surface area contributed by atoms with Crippen LogP contribution in [0.5, 0.6) is 17.4 Å². The first-order valence-corrected chi connectivity index (χ1v) is 15.9. The van der Waals surface area contributed by atoms with E-state index in [1.807, 2.05) is 48.7 Å². The van der Waals surface area contributed by atoms with Crippen molar-refractivity contribution in [2.75, 3.05) is 32.7 Å². The Morgan fingerprint density at radius 1 is 0.979 bits per heavy atom. The first-order valence-electron chi connectivity index (χ1n) is 15.9. The van der Waals surface area contributed by atoms with Crippen LogP contribution in [0.4, 0.5) is 10.1 Å². The molecular weight excluding hydrogens is 601 g/mol. The van der Waals surface area contributed by atoms with Crippen LogP contribution in [0, 0.1) is 5.82 Å². The molecule has 0 saturated carbocycles. The molecule has 2 N–H and O–H groups in total. The Balaban J connectivity index is 1.34. The van der Waals surface area contributed by atoms with E-state index < -0.39 is 5.82 Å². The van der Waals surface area contributed by atoms with E-state index in [-0.39, 0.29) is 30.3 Å². The van der Waals surface area contributed by atoms with Gasteiger partial charge in [-0.05, 0) is 66.8 Å². The molecule has 11 heteroatoms. The summed E-state index contributed by atoms with van der Waals surface area (Å²) in [7, 11) is 1.63. The van der Waals surface area contributed by atoms with Gasteiger partial charge in [0.05, 0.1) is 25.8 Å². The molecular formula is C36H34FN5O5. The predicted octanol–water partition coefficient (Wildman–Crippen LogP) is 6.98. The van der Waals surface area contributed by atoms with Gasteiger partial charge in [0.2, 0.25) is 5.88 Å². The molecule has 8 rings (SSSR count). The number of nitrogen functional groups attached to an aromatic ring is 1. The summed E-state index contributed by atoms with van der Waals surface area (Å²) >= 11 is 0. The molecule has 0 aliphatic carbocycles. The van der Waals surface area contributed by atoms with Crippen LogP contribution in [0.3, 0.4) is 0 Å². The number of fused-ring (bicyclic) bond motifs is 4. The zero-order valence-corrected chi connectivity index (χ0v) is 25.9. The van der Waals surface area contributed by atoms with Gasteiger partial charge in [0.15, 0.2) is 5.82 Å². The van der Waals surface area contributed by atoms with E-state index in [2.05, 4.69) is 10.1 Å². The molecule has 3 aromatic carbocycles. The van der Waals surface area contributed by atoms with Gasteiger partial charge in [0.1, 0.15) is 47.2 Å². The van der Waals surface area contributed by atoms with E-state index in [1.165, 1.54) is 6.07 Å². The van der Waals surface area contributed by atoms with Crippen molar-refractivity contribution in [1.82, 2.24) is 19.7 Å². The van der Waals surface area contributed by atoms with Gasteiger partial charge in [-0.1, -0.05) is 18.2 Å². The minimum absolute atomic E-state index is 0.107. The van der Waals surface area contributed by atoms with E-state index in [9.17, 15) is 0 Å². The predicted molar refractivity (Wildman–Crippen MR) is 176 cm³/mol. The Hall–Kier alpha value is -5.00. The van der Waals surface area contributed by atoms with Gasteiger partial charge < -0.3 is 29.4 Å². The number of halogens is 1. The van der Waals surface area contributed by atoms with E-state index in [1.54, 1.807) is 24.1 Å². The summed E-state index contributed by atoms with van der Waals surface area (Å²) in [5.41, 5.74) is 11.1. The fraction of sp³-hybridized carbons (Fsp3) is 0.306. The molecule has 6 aromatic rings. The van der Waals surface area contributed by atoms with Crippen molar-refractivity contribution in [3.05, 3.63) is 78.4 Å². The Labute approximate surface area is 270 Å². The number of benzene rings is 3. The van der Waals surface area contributed by atoms with E-state index in [4.69, 9.17) is 34.4 Å². The normalized spacial score (nSPS) is 18.3. The van der Waals surface area contributed by atoms with Crippen molar-refractivity contribution >= 4 is 38.4 Å². The highest BCUT2D eigenvalue weighted by Crippen LogP contribution is 2.45. The Kier molecular flexibility index (Phi) is 7.70. The highest BCUT2D eigenvalue weighted by atomic mass is 19.1. The monoisotopic (exact) mass is 635 g/mol. The van der Waals surface area contributed by atoms with Crippen molar-refractivity contribution in [1.29, 1.82) is 0 Å². The smallest absolute Gasteiger partial charge is 0.238 e. The zero-order valence-electron chi connectivity index (χ0n) is 25.9. The SMILES string of the molecule is COc1ccc(COc2nc3c(cc(O[C@@H]4CCOC4)c4ncccc43)c(-c3ccc(F)c4nn(C5CCCCO5)cc34)c2N)cc1. The van der Waals surface area contributed by atoms with Gasteiger partial charge in [-0.2, -0.15) is 5.10 Å². The van der Waals surface area contributed by atoms with Gasteiger partial charge in [-0.15, -0.1) is 0 Å². The molecule has 0 spiro atoms. The largest absolute Gasteiger partial charge is 0.497 e. The Morgan fingerprint density at radius 3 is 2.66 bits per heavy atom. The summed E-state index contributed by atoms with van der Waals surface area (Å²) in [4.78, 5) is 9.67. The van der Waals surface area contributed by atoms with Gasteiger partial charge in [0, 0.05) is 47.1 Å². The molecule has 3 aromatic heterocycles. The number of anilines is 1. The third kappa shape index (κ3) is 5.45. The summed E-state index contributed by atoms with van der Waals surface area (Å²) in [6, 6.07) is 16.5. The molecule has 2 saturated heterocycles. The molecule has 240 valence electrons. The lowest BCUT2D eigenvalue weighted by Gasteiger charge is -2.22. The number of rotatable bonds is 8. The molecule has 0 amide bonds. The number of hydrogen-bond acceptors (Lipinski definition) is 9. The maximum absolute atomic E-state index is 15.4. The van der Waals surface area contributed by atoms with Crippen LogP contribution in [0.15, 0.2) is 67.0 Å². The fourth-order valence-electron chi connectivity index (χ4n) is 6.47. The molecule has 5 heterocycles. The first-order chi connectivity index (χ1) is 23.1. The van der Waals surface area contributed by atoms with Crippen LogP contribution in [0.1, 0.15) is 37.5 Å². The zero-order chi connectivity index (χ0) is 31.9. The lowest BCUT2D eigenvalue weighted by molar-refractivity contribution is -0.0391. The molecule has 10 nitrogen and oxygen atoms in total.